The normalized spacial score (nSPS) is 18.4. The van der Waals surface area contributed by atoms with Crippen molar-refractivity contribution in [3.8, 4) is 6.07 Å². The fourth-order valence-electron chi connectivity index (χ4n) is 3.16. The molecule has 114 valence electrons. The van der Waals surface area contributed by atoms with Crippen molar-refractivity contribution in [3.05, 3.63) is 34.9 Å². The van der Waals surface area contributed by atoms with Crippen LogP contribution in [-0.4, -0.2) is 42.0 Å². The van der Waals surface area contributed by atoms with Crippen LogP contribution in [0.3, 0.4) is 0 Å². The van der Waals surface area contributed by atoms with Crippen molar-refractivity contribution in [1.29, 1.82) is 5.26 Å². The Bertz CT molecular complexity index is 475. The zero-order valence-corrected chi connectivity index (χ0v) is 13.6. The molecule has 0 bridgehead atoms. The van der Waals surface area contributed by atoms with E-state index in [4.69, 9.17) is 0 Å². The summed E-state index contributed by atoms with van der Waals surface area (Å²) >= 11 is 0. The van der Waals surface area contributed by atoms with E-state index in [0.29, 0.717) is 0 Å². The molecule has 21 heavy (non-hydrogen) atoms. The number of hydrogen-bond acceptors (Lipinski definition) is 3. The highest BCUT2D eigenvalue weighted by atomic mass is 15.3. The molecular weight excluding hydrogens is 258 g/mol. The van der Waals surface area contributed by atoms with Crippen LogP contribution in [0.2, 0.25) is 0 Å². The molecule has 0 spiro atoms. The van der Waals surface area contributed by atoms with E-state index in [1.54, 1.807) is 0 Å². The second kappa shape index (κ2) is 7.59. The molecule has 1 fully saturated rings. The first-order chi connectivity index (χ1) is 10.2. The predicted molar refractivity (Wildman–Crippen MR) is 87.1 cm³/mol. The lowest BCUT2D eigenvalue weighted by atomic mass is 10.0. The van der Waals surface area contributed by atoms with Gasteiger partial charge in [0.15, 0.2) is 0 Å². The van der Waals surface area contributed by atoms with Gasteiger partial charge in [-0.05, 0) is 37.0 Å². The molecule has 1 unspecified atom stereocenters. The predicted octanol–water partition coefficient (Wildman–Crippen LogP) is 3.11. The molecule has 3 nitrogen and oxygen atoms in total. The number of nitriles is 1. The summed E-state index contributed by atoms with van der Waals surface area (Å²) in [5.41, 5.74) is 4.24. The van der Waals surface area contributed by atoms with E-state index in [0.717, 1.165) is 45.6 Å². The highest BCUT2D eigenvalue weighted by Crippen LogP contribution is 2.18. The average Bonchev–Trinajstić information content (AvgIpc) is 2.49. The third kappa shape index (κ3) is 4.06. The first-order valence-electron chi connectivity index (χ1n) is 8.06. The molecule has 0 amide bonds. The van der Waals surface area contributed by atoms with E-state index < -0.39 is 0 Å². The van der Waals surface area contributed by atoms with Gasteiger partial charge in [-0.2, -0.15) is 5.26 Å². The van der Waals surface area contributed by atoms with Crippen LogP contribution in [0, 0.1) is 25.2 Å². The first-order valence-corrected chi connectivity index (χ1v) is 8.06. The van der Waals surface area contributed by atoms with Gasteiger partial charge in [0, 0.05) is 32.7 Å². The smallest absolute Gasteiger partial charge is 0.0978 e. The lowest BCUT2D eigenvalue weighted by Crippen LogP contribution is -2.49. The lowest BCUT2D eigenvalue weighted by Gasteiger charge is -2.37. The standard InChI is InChI=1S/C18H27N3/c1-4-6-17(13-19)21-11-9-20(10-12-21)14-18-15(2)7-5-8-16(18)3/h5,7-8,17H,4,6,9-12,14H2,1-3H3. The number of piperazine rings is 1. The molecule has 3 heteroatoms. The summed E-state index contributed by atoms with van der Waals surface area (Å²) in [5.74, 6) is 0. The zero-order valence-electron chi connectivity index (χ0n) is 13.6. The topological polar surface area (TPSA) is 30.3 Å². The number of benzene rings is 1. The Balaban J connectivity index is 1.91. The van der Waals surface area contributed by atoms with Crippen molar-refractivity contribution >= 4 is 0 Å². The van der Waals surface area contributed by atoms with Gasteiger partial charge in [0.25, 0.3) is 0 Å². The Labute approximate surface area is 129 Å². The van der Waals surface area contributed by atoms with Gasteiger partial charge in [0.05, 0.1) is 12.1 Å². The maximum Gasteiger partial charge on any atom is 0.0978 e. The van der Waals surface area contributed by atoms with Gasteiger partial charge in [0.2, 0.25) is 0 Å². The zero-order chi connectivity index (χ0) is 15.2. The van der Waals surface area contributed by atoms with Crippen molar-refractivity contribution in [1.82, 2.24) is 9.80 Å². The van der Waals surface area contributed by atoms with Crippen LogP contribution >= 0.6 is 0 Å². The molecule has 1 aromatic carbocycles. The molecule has 0 aromatic heterocycles. The highest BCUT2D eigenvalue weighted by molar-refractivity contribution is 5.33. The Hall–Kier alpha value is -1.37. The van der Waals surface area contributed by atoms with Crippen molar-refractivity contribution in [2.24, 2.45) is 0 Å². The van der Waals surface area contributed by atoms with E-state index in [-0.39, 0.29) is 6.04 Å². The van der Waals surface area contributed by atoms with Crippen molar-refractivity contribution in [2.45, 2.75) is 46.2 Å². The van der Waals surface area contributed by atoms with Gasteiger partial charge in [-0.1, -0.05) is 31.5 Å². The third-order valence-corrected chi connectivity index (χ3v) is 4.58. The summed E-state index contributed by atoms with van der Waals surface area (Å²) in [6.07, 6.45) is 2.08. The van der Waals surface area contributed by atoms with Crippen molar-refractivity contribution in [2.75, 3.05) is 26.2 Å². The van der Waals surface area contributed by atoms with E-state index in [2.05, 4.69) is 54.8 Å². The number of rotatable bonds is 5. The van der Waals surface area contributed by atoms with Crippen molar-refractivity contribution < 1.29 is 0 Å². The van der Waals surface area contributed by atoms with Gasteiger partial charge >= 0.3 is 0 Å². The number of nitrogens with zero attached hydrogens (tertiary/aromatic N) is 3. The van der Waals surface area contributed by atoms with Crippen LogP contribution in [0.15, 0.2) is 18.2 Å². The highest BCUT2D eigenvalue weighted by Gasteiger charge is 2.23. The van der Waals surface area contributed by atoms with Gasteiger partial charge in [0.1, 0.15) is 0 Å². The van der Waals surface area contributed by atoms with Gasteiger partial charge in [-0.3, -0.25) is 9.80 Å². The first kappa shape index (κ1) is 16.0. The van der Waals surface area contributed by atoms with E-state index in [1.165, 1.54) is 16.7 Å². The molecule has 0 radical (unpaired) electrons. The Morgan fingerprint density at radius 1 is 1.14 bits per heavy atom. The second-order valence-electron chi connectivity index (χ2n) is 6.12. The summed E-state index contributed by atoms with van der Waals surface area (Å²) in [7, 11) is 0. The molecule has 1 aliphatic rings. The van der Waals surface area contributed by atoms with Gasteiger partial charge in [-0.25, -0.2) is 0 Å². The van der Waals surface area contributed by atoms with E-state index in [9.17, 15) is 5.26 Å². The Kier molecular flexibility index (Phi) is 5.78. The molecule has 1 aliphatic heterocycles. The lowest BCUT2D eigenvalue weighted by molar-refractivity contribution is 0.106. The van der Waals surface area contributed by atoms with Crippen LogP contribution in [0.1, 0.15) is 36.5 Å². The molecule has 1 aromatic rings. The van der Waals surface area contributed by atoms with Crippen LogP contribution in [0.4, 0.5) is 0 Å². The minimum absolute atomic E-state index is 0.109. The summed E-state index contributed by atoms with van der Waals surface area (Å²) in [6, 6.07) is 9.10. The van der Waals surface area contributed by atoms with Crippen molar-refractivity contribution in [3.63, 3.8) is 0 Å². The van der Waals surface area contributed by atoms with Crippen LogP contribution in [0.5, 0.6) is 0 Å². The minimum Gasteiger partial charge on any atom is -0.297 e. The maximum absolute atomic E-state index is 9.28. The summed E-state index contributed by atoms with van der Waals surface area (Å²) in [5, 5.41) is 9.28. The molecule has 2 rings (SSSR count). The molecule has 1 saturated heterocycles. The third-order valence-electron chi connectivity index (χ3n) is 4.58. The van der Waals surface area contributed by atoms with Crippen LogP contribution in [0.25, 0.3) is 0 Å². The molecule has 0 N–H and O–H groups in total. The maximum atomic E-state index is 9.28. The largest absolute Gasteiger partial charge is 0.297 e. The number of aryl methyl sites for hydroxylation is 2. The second-order valence-corrected chi connectivity index (χ2v) is 6.12. The summed E-state index contributed by atoms with van der Waals surface area (Å²) in [6.45, 7) is 11.8. The quantitative estimate of drug-likeness (QED) is 0.832. The summed E-state index contributed by atoms with van der Waals surface area (Å²) < 4.78 is 0. The minimum atomic E-state index is 0.109. The van der Waals surface area contributed by atoms with Crippen LogP contribution < -0.4 is 0 Å². The molecule has 0 saturated carbocycles. The molecule has 1 atom stereocenters. The van der Waals surface area contributed by atoms with E-state index >= 15 is 0 Å². The average molecular weight is 285 g/mol. The fraction of sp³-hybridized carbons (Fsp3) is 0.611. The molecular formula is C18H27N3. The van der Waals surface area contributed by atoms with E-state index in [1.807, 2.05) is 0 Å². The summed E-state index contributed by atoms with van der Waals surface area (Å²) in [4.78, 5) is 4.87. The van der Waals surface area contributed by atoms with Gasteiger partial charge in [-0.15, -0.1) is 0 Å². The van der Waals surface area contributed by atoms with Gasteiger partial charge < -0.3 is 0 Å². The Morgan fingerprint density at radius 3 is 2.29 bits per heavy atom. The molecule has 1 heterocycles. The monoisotopic (exact) mass is 285 g/mol. The number of hydrogen-bond donors (Lipinski definition) is 0. The Morgan fingerprint density at radius 2 is 1.76 bits per heavy atom. The fourth-order valence-corrected chi connectivity index (χ4v) is 3.16. The SMILES string of the molecule is CCCC(C#N)N1CCN(Cc2c(C)cccc2C)CC1. The van der Waals surface area contributed by atoms with Crippen LogP contribution in [-0.2, 0) is 6.54 Å². The molecule has 0 aliphatic carbocycles.